The van der Waals surface area contributed by atoms with Crippen molar-refractivity contribution >= 4 is 21.8 Å². The number of nitrogens with zero attached hydrogens (tertiary/aromatic N) is 1. The first-order valence-corrected chi connectivity index (χ1v) is 7.08. The van der Waals surface area contributed by atoms with E-state index in [0.29, 0.717) is 0 Å². The number of hydrogen-bond donors (Lipinski definition) is 1. The molecule has 0 radical (unpaired) electrons. The Balaban J connectivity index is 0.000000126. The molecule has 1 aromatic heterocycles. The number of aromatic nitrogens is 2. The van der Waals surface area contributed by atoms with Crippen LogP contribution in [0, 0.1) is 13.8 Å². The summed E-state index contributed by atoms with van der Waals surface area (Å²) in [4.78, 5) is 7.24. The van der Waals surface area contributed by atoms with Gasteiger partial charge in [0.05, 0.1) is 17.4 Å². The Hall–Kier alpha value is -2.61. The Morgan fingerprint density at radius 3 is 1.86 bits per heavy atom. The van der Waals surface area contributed by atoms with Crippen LogP contribution in [0.1, 0.15) is 11.1 Å². The van der Waals surface area contributed by atoms with Crippen LogP contribution in [0.2, 0.25) is 0 Å². The van der Waals surface area contributed by atoms with Crippen LogP contribution in [0.25, 0.3) is 21.8 Å². The number of H-pyrrole nitrogens is 1. The lowest BCUT2D eigenvalue weighted by atomic mass is 10.1. The molecule has 0 atom stereocenters. The molecule has 0 saturated carbocycles. The van der Waals surface area contributed by atoms with Crippen molar-refractivity contribution in [2.75, 3.05) is 0 Å². The van der Waals surface area contributed by atoms with Crippen LogP contribution >= 0.6 is 0 Å². The molecular weight excluding hydrogens is 256 g/mol. The second-order valence-electron chi connectivity index (χ2n) is 5.20. The Labute approximate surface area is 124 Å². The topological polar surface area (TPSA) is 28.7 Å². The SMILES string of the molecule is Cc1cc2nc[nH]c2cc1C.c1ccc2ccccc2c1. The van der Waals surface area contributed by atoms with Crippen LogP contribution in [0.5, 0.6) is 0 Å². The fraction of sp³-hybridized carbons (Fsp3) is 0.105. The molecule has 1 N–H and O–H groups in total. The quantitative estimate of drug-likeness (QED) is 0.479. The van der Waals surface area contributed by atoms with Gasteiger partial charge in [-0.2, -0.15) is 0 Å². The molecule has 0 amide bonds. The zero-order chi connectivity index (χ0) is 14.7. The zero-order valence-corrected chi connectivity index (χ0v) is 12.3. The minimum atomic E-state index is 1.05. The first-order valence-electron chi connectivity index (χ1n) is 7.08. The fourth-order valence-corrected chi connectivity index (χ4v) is 2.33. The maximum Gasteiger partial charge on any atom is 0.0931 e. The van der Waals surface area contributed by atoms with E-state index in [1.807, 2.05) is 0 Å². The minimum Gasteiger partial charge on any atom is -0.345 e. The van der Waals surface area contributed by atoms with Gasteiger partial charge < -0.3 is 4.98 Å². The summed E-state index contributed by atoms with van der Waals surface area (Å²) < 4.78 is 0. The number of aryl methyl sites for hydroxylation is 2. The third-order valence-electron chi connectivity index (χ3n) is 3.69. The Morgan fingerprint density at radius 2 is 1.29 bits per heavy atom. The summed E-state index contributed by atoms with van der Waals surface area (Å²) in [6, 6.07) is 20.9. The first kappa shape index (κ1) is 13.4. The maximum atomic E-state index is 4.17. The minimum absolute atomic E-state index is 1.05. The molecular formula is C19H18N2. The highest BCUT2D eigenvalue weighted by Gasteiger charge is 1.97. The molecule has 2 nitrogen and oxygen atoms in total. The van der Waals surface area contributed by atoms with Crippen molar-refractivity contribution in [3.63, 3.8) is 0 Å². The Morgan fingerprint density at radius 1 is 0.762 bits per heavy atom. The van der Waals surface area contributed by atoms with Gasteiger partial charge >= 0.3 is 0 Å². The molecule has 4 rings (SSSR count). The van der Waals surface area contributed by atoms with Crippen molar-refractivity contribution in [1.82, 2.24) is 9.97 Å². The van der Waals surface area contributed by atoms with Crippen LogP contribution < -0.4 is 0 Å². The summed E-state index contributed by atoms with van der Waals surface area (Å²) in [5, 5.41) is 2.62. The lowest BCUT2D eigenvalue weighted by Crippen LogP contribution is -1.79. The fourth-order valence-electron chi connectivity index (χ4n) is 2.33. The summed E-state index contributed by atoms with van der Waals surface area (Å²) >= 11 is 0. The van der Waals surface area contributed by atoms with Crippen molar-refractivity contribution in [3.05, 3.63) is 78.1 Å². The molecule has 0 unspecified atom stereocenters. The van der Waals surface area contributed by atoms with Gasteiger partial charge in [0, 0.05) is 0 Å². The van der Waals surface area contributed by atoms with Gasteiger partial charge in [-0.3, -0.25) is 0 Å². The number of hydrogen-bond acceptors (Lipinski definition) is 1. The van der Waals surface area contributed by atoms with Gasteiger partial charge in [-0.05, 0) is 47.9 Å². The van der Waals surface area contributed by atoms with Gasteiger partial charge in [-0.25, -0.2) is 4.98 Å². The zero-order valence-electron chi connectivity index (χ0n) is 12.3. The normalized spacial score (nSPS) is 10.4. The number of fused-ring (bicyclic) bond motifs is 2. The van der Waals surface area contributed by atoms with Crippen LogP contribution in [-0.2, 0) is 0 Å². The number of nitrogens with one attached hydrogen (secondary N) is 1. The van der Waals surface area contributed by atoms with Crippen molar-refractivity contribution in [2.24, 2.45) is 0 Å². The molecule has 21 heavy (non-hydrogen) atoms. The average molecular weight is 274 g/mol. The van der Waals surface area contributed by atoms with Crippen LogP contribution in [0.4, 0.5) is 0 Å². The predicted molar refractivity (Wildman–Crippen MR) is 89.5 cm³/mol. The van der Waals surface area contributed by atoms with E-state index in [1.165, 1.54) is 21.9 Å². The van der Waals surface area contributed by atoms with Gasteiger partial charge in [0.25, 0.3) is 0 Å². The molecule has 104 valence electrons. The second-order valence-corrected chi connectivity index (χ2v) is 5.20. The van der Waals surface area contributed by atoms with Crippen molar-refractivity contribution in [3.8, 4) is 0 Å². The molecule has 1 heterocycles. The van der Waals surface area contributed by atoms with Crippen LogP contribution in [0.3, 0.4) is 0 Å². The lowest BCUT2D eigenvalue weighted by Gasteiger charge is -1.97. The molecule has 0 aliphatic heterocycles. The number of benzene rings is 3. The van der Waals surface area contributed by atoms with E-state index >= 15 is 0 Å². The second kappa shape index (κ2) is 5.80. The van der Waals surface area contributed by atoms with E-state index < -0.39 is 0 Å². The molecule has 0 bridgehead atoms. The number of imidazole rings is 1. The smallest absolute Gasteiger partial charge is 0.0931 e. The third kappa shape index (κ3) is 2.95. The van der Waals surface area contributed by atoms with E-state index in [1.54, 1.807) is 6.33 Å². The van der Waals surface area contributed by atoms with E-state index in [2.05, 4.69) is 84.5 Å². The molecule has 3 aromatic carbocycles. The van der Waals surface area contributed by atoms with Crippen molar-refractivity contribution in [1.29, 1.82) is 0 Å². The van der Waals surface area contributed by atoms with Gasteiger partial charge in [-0.15, -0.1) is 0 Å². The monoisotopic (exact) mass is 274 g/mol. The summed E-state index contributed by atoms with van der Waals surface area (Å²) in [5.41, 5.74) is 4.77. The lowest BCUT2D eigenvalue weighted by molar-refractivity contribution is 1.34. The highest BCUT2D eigenvalue weighted by atomic mass is 14.9. The molecule has 0 aliphatic rings. The summed E-state index contributed by atoms with van der Waals surface area (Å²) in [7, 11) is 0. The number of rotatable bonds is 0. The summed E-state index contributed by atoms with van der Waals surface area (Å²) in [6.07, 6.45) is 1.73. The van der Waals surface area contributed by atoms with Crippen LogP contribution in [0.15, 0.2) is 67.0 Å². The maximum absolute atomic E-state index is 4.17. The third-order valence-corrected chi connectivity index (χ3v) is 3.69. The van der Waals surface area contributed by atoms with Crippen molar-refractivity contribution in [2.45, 2.75) is 13.8 Å². The van der Waals surface area contributed by atoms with Gasteiger partial charge in [0.2, 0.25) is 0 Å². The van der Waals surface area contributed by atoms with Crippen LogP contribution in [-0.4, -0.2) is 9.97 Å². The predicted octanol–water partition coefficient (Wildman–Crippen LogP) is 5.02. The highest BCUT2D eigenvalue weighted by molar-refractivity contribution is 5.82. The Bertz CT molecular complexity index is 773. The van der Waals surface area contributed by atoms with Gasteiger partial charge in [0.1, 0.15) is 0 Å². The molecule has 0 saturated heterocycles. The summed E-state index contributed by atoms with van der Waals surface area (Å²) in [5.74, 6) is 0. The highest BCUT2D eigenvalue weighted by Crippen LogP contribution is 2.15. The number of aromatic amines is 1. The van der Waals surface area contributed by atoms with Gasteiger partial charge in [0.15, 0.2) is 0 Å². The molecule has 4 aromatic rings. The first-order chi connectivity index (χ1) is 10.2. The molecule has 0 spiro atoms. The van der Waals surface area contributed by atoms with Crippen molar-refractivity contribution < 1.29 is 0 Å². The summed E-state index contributed by atoms with van der Waals surface area (Å²) in [6.45, 7) is 4.21. The van der Waals surface area contributed by atoms with Gasteiger partial charge in [-0.1, -0.05) is 48.5 Å². The van der Waals surface area contributed by atoms with E-state index in [0.717, 1.165) is 11.0 Å². The molecule has 0 fully saturated rings. The average Bonchev–Trinajstić information content (AvgIpc) is 2.96. The van der Waals surface area contributed by atoms with E-state index in [-0.39, 0.29) is 0 Å². The molecule has 0 aliphatic carbocycles. The Kier molecular flexibility index (Phi) is 3.69. The standard InChI is InChI=1S/C10H8.C9H10N2/c1-2-6-10-8-4-3-7-9(10)5-1;1-6-3-8-9(4-7(6)2)11-5-10-8/h1-8H;3-5H,1-2H3,(H,10,11). The molecule has 2 heteroatoms. The van der Waals surface area contributed by atoms with E-state index in [9.17, 15) is 0 Å². The van der Waals surface area contributed by atoms with E-state index in [4.69, 9.17) is 0 Å². The largest absolute Gasteiger partial charge is 0.345 e.